The second kappa shape index (κ2) is 4.94. The summed E-state index contributed by atoms with van der Waals surface area (Å²) in [6.07, 6.45) is 4.73. The SMILES string of the molecule is CCNC(CN(C)CC1CC1)(C(=O)O)C1CC1. The van der Waals surface area contributed by atoms with Crippen LogP contribution in [0.1, 0.15) is 32.6 Å². The van der Waals surface area contributed by atoms with Crippen LogP contribution in [0.25, 0.3) is 0 Å². The van der Waals surface area contributed by atoms with Crippen molar-refractivity contribution in [3.8, 4) is 0 Å². The minimum absolute atomic E-state index is 0.321. The van der Waals surface area contributed by atoms with Gasteiger partial charge in [-0.3, -0.25) is 4.79 Å². The van der Waals surface area contributed by atoms with Crippen molar-refractivity contribution >= 4 is 5.97 Å². The Morgan fingerprint density at radius 2 is 2.06 bits per heavy atom. The molecule has 0 aliphatic heterocycles. The van der Waals surface area contributed by atoms with Crippen LogP contribution in [0.2, 0.25) is 0 Å². The summed E-state index contributed by atoms with van der Waals surface area (Å²) in [4.78, 5) is 13.8. The largest absolute Gasteiger partial charge is 0.480 e. The van der Waals surface area contributed by atoms with Crippen LogP contribution in [0.4, 0.5) is 0 Å². The minimum Gasteiger partial charge on any atom is -0.480 e. The van der Waals surface area contributed by atoms with Crippen LogP contribution < -0.4 is 5.32 Å². The lowest BCUT2D eigenvalue weighted by molar-refractivity contribution is -0.146. The third-order valence-electron chi connectivity index (χ3n) is 3.93. The molecule has 0 aromatic carbocycles. The zero-order valence-electron chi connectivity index (χ0n) is 10.9. The number of carboxylic acids is 1. The fourth-order valence-corrected chi connectivity index (χ4v) is 2.77. The van der Waals surface area contributed by atoms with Gasteiger partial charge in [0.2, 0.25) is 0 Å². The monoisotopic (exact) mass is 240 g/mol. The smallest absolute Gasteiger partial charge is 0.325 e. The van der Waals surface area contributed by atoms with E-state index in [1.54, 1.807) is 0 Å². The number of hydrogen-bond acceptors (Lipinski definition) is 3. The highest BCUT2D eigenvalue weighted by Gasteiger charge is 2.51. The van der Waals surface area contributed by atoms with E-state index in [2.05, 4.69) is 17.3 Å². The summed E-state index contributed by atoms with van der Waals surface area (Å²) in [5.74, 6) is 0.457. The van der Waals surface area contributed by atoms with Gasteiger partial charge in [0.25, 0.3) is 0 Å². The molecular formula is C13H24N2O2. The first-order valence-corrected chi connectivity index (χ1v) is 6.75. The summed E-state index contributed by atoms with van der Waals surface area (Å²) in [5.41, 5.74) is -0.710. The highest BCUT2D eigenvalue weighted by atomic mass is 16.4. The number of likely N-dealkylation sites (N-methyl/N-ethyl adjacent to an activating group) is 2. The van der Waals surface area contributed by atoms with Gasteiger partial charge in [0, 0.05) is 13.1 Å². The Hall–Kier alpha value is -0.610. The lowest BCUT2D eigenvalue weighted by atomic mass is 9.92. The molecule has 2 N–H and O–H groups in total. The molecule has 0 aromatic rings. The predicted octanol–water partition coefficient (Wildman–Crippen LogP) is 1.17. The van der Waals surface area contributed by atoms with Gasteiger partial charge in [-0.05, 0) is 51.1 Å². The molecule has 0 bridgehead atoms. The van der Waals surface area contributed by atoms with Gasteiger partial charge in [-0.25, -0.2) is 0 Å². The Kier molecular flexibility index (Phi) is 3.73. The molecule has 0 heterocycles. The highest BCUT2D eigenvalue weighted by Crippen LogP contribution is 2.41. The van der Waals surface area contributed by atoms with E-state index in [-0.39, 0.29) is 0 Å². The second-order valence-electron chi connectivity index (χ2n) is 5.72. The minimum atomic E-state index is -0.710. The number of aliphatic carboxylic acids is 1. The number of nitrogens with one attached hydrogen (secondary N) is 1. The van der Waals surface area contributed by atoms with Gasteiger partial charge in [0.15, 0.2) is 0 Å². The standard InChI is InChI=1S/C13H24N2O2/c1-3-14-13(12(16)17,11-6-7-11)9-15(2)8-10-4-5-10/h10-11,14H,3-9H2,1-2H3,(H,16,17). The van der Waals surface area contributed by atoms with Gasteiger partial charge in [0.1, 0.15) is 5.54 Å². The maximum atomic E-state index is 11.6. The van der Waals surface area contributed by atoms with E-state index in [1.165, 1.54) is 12.8 Å². The molecule has 1 atom stereocenters. The van der Waals surface area contributed by atoms with E-state index in [9.17, 15) is 9.90 Å². The second-order valence-corrected chi connectivity index (χ2v) is 5.72. The van der Waals surface area contributed by atoms with E-state index in [4.69, 9.17) is 0 Å². The van der Waals surface area contributed by atoms with Crippen molar-refractivity contribution in [1.29, 1.82) is 0 Å². The number of nitrogens with zero attached hydrogens (tertiary/aromatic N) is 1. The lowest BCUT2D eigenvalue weighted by Gasteiger charge is -2.34. The Labute approximate surface area is 103 Å². The van der Waals surface area contributed by atoms with Crippen LogP contribution in [0, 0.1) is 11.8 Å². The maximum Gasteiger partial charge on any atom is 0.325 e. The van der Waals surface area contributed by atoms with Crippen LogP contribution in [-0.4, -0.2) is 48.2 Å². The predicted molar refractivity (Wildman–Crippen MR) is 67.0 cm³/mol. The van der Waals surface area contributed by atoms with E-state index in [1.807, 2.05) is 6.92 Å². The number of carboxylic acid groups (broad SMARTS) is 1. The summed E-state index contributed by atoms with van der Waals surface area (Å²) < 4.78 is 0. The van der Waals surface area contributed by atoms with Crippen LogP contribution in [-0.2, 0) is 4.79 Å². The van der Waals surface area contributed by atoms with Crippen molar-refractivity contribution in [1.82, 2.24) is 10.2 Å². The topological polar surface area (TPSA) is 52.6 Å². The average molecular weight is 240 g/mol. The molecule has 98 valence electrons. The molecule has 1 unspecified atom stereocenters. The van der Waals surface area contributed by atoms with E-state index in [0.717, 1.165) is 31.8 Å². The first-order chi connectivity index (χ1) is 8.08. The molecule has 0 amide bonds. The first kappa shape index (κ1) is 12.8. The van der Waals surface area contributed by atoms with Crippen LogP contribution in [0.5, 0.6) is 0 Å². The molecule has 4 heteroatoms. The molecule has 2 aliphatic carbocycles. The quantitative estimate of drug-likeness (QED) is 0.669. The van der Waals surface area contributed by atoms with E-state index in [0.29, 0.717) is 12.5 Å². The molecule has 0 radical (unpaired) electrons. The average Bonchev–Trinajstić information content (AvgIpc) is 3.10. The van der Waals surface area contributed by atoms with Gasteiger partial charge in [0.05, 0.1) is 0 Å². The number of rotatable bonds is 8. The summed E-state index contributed by atoms with van der Waals surface area (Å²) in [6, 6.07) is 0. The Balaban J connectivity index is 1.99. The van der Waals surface area contributed by atoms with Gasteiger partial charge < -0.3 is 15.3 Å². The molecule has 0 aromatic heterocycles. The molecular weight excluding hydrogens is 216 g/mol. The van der Waals surface area contributed by atoms with E-state index >= 15 is 0 Å². The van der Waals surface area contributed by atoms with Crippen LogP contribution in [0.15, 0.2) is 0 Å². The van der Waals surface area contributed by atoms with Crippen molar-refractivity contribution in [2.45, 2.75) is 38.1 Å². The van der Waals surface area contributed by atoms with Crippen molar-refractivity contribution in [3.05, 3.63) is 0 Å². The van der Waals surface area contributed by atoms with Gasteiger partial charge in [-0.2, -0.15) is 0 Å². The molecule has 4 nitrogen and oxygen atoms in total. The molecule has 0 saturated heterocycles. The molecule has 17 heavy (non-hydrogen) atoms. The van der Waals surface area contributed by atoms with Gasteiger partial charge in [-0.15, -0.1) is 0 Å². The summed E-state index contributed by atoms with van der Waals surface area (Å²) in [5, 5.41) is 12.8. The molecule has 0 spiro atoms. The molecule has 2 fully saturated rings. The van der Waals surface area contributed by atoms with Crippen molar-refractivity contribution in [3.63, 3.8) is 0 Å². The Morgan fingerprint density at radius 1 is 1.41 bits per heavy atom. The maximum absolute atomic E-state index is 11.6. The van der Waals surface area contributed by atoms with Crippen molar-refractivity contribution in [2.75, 3.05) is 26.7 Å². The zero-order chi connectivity index (χ0) is 12.5. The first-order valence-electron chi connectivity index (χ1n) is 6.75. The Morgan fingerprint density at radius 3 is 2.47 bits per heavy atom. The fourth-order valence-electron chi connectivity index (χ4n) is 2.77. The third-order valence-corrected chi connectivity index (χ3v) is 3.93. The summed E-state index contributed by atoms with van der Waals surface area (Å²) in [7, 11) is 2.05. The summed E-state index contributed by atoms with van der Waals surface area (Å²) >= 11 is 0. The van der Waals surface area contributed by atoms with Crippen molar-refractivity contribution < 1.29 is 9.90 Å². The van der Waals surface area contributed by atoms with Gasteiger partial charge in [-0.1, -0.05) is 6.92 Å². The van der Waals surface area contributed by atoms with E-state index < -0.39 is 11.5 Å². The van der Waals surface area contributed by atoms with Crippen molar-refractivity contribution in [2.24, 2.45) is 11.8 Å². The normalized spacial score (nSPS) is 23.7. The lowest BCUT2D eigenvalue weighted by Crippen LogP contribution is -2.60. The molecule has 2 rings (SSSR count). The third kappa shape index (κ3) is 2.99. The fraction of sp³-hybridized carbons (Fsp3) is 0.923. The number of carbonyl (C=O) groups is 1. The van der Waals surface area contributed by atoms with Gasteiger partial charge >= 0.3 is 5.97 Å². The Bertz CT molecular complexity index is 287. The zero-order valence-corrected chi connectivity index (χ0v) is 10.9. The summed E-state index contributed by atoms with van der Waals surface area (Å²) in [6.45, 7) is 4.39. The number of hydrogen-bond donors (Lipinski definition) is 2. The molecule has 2 saturated carbocycles. The van der Waals surface area contributed by atoms with Crippen LogP contribution >= 0.6 is 0 Å². The molecule has 2 aliphatic rings. The van der Waals surface area contributed by atoms with Crippen LogP contribution in [0.3, 0.4) is 0 Å². The highest BCUT2D eigenvalue weighted by molar-refractivity contribution is 5.80.